The molecule has 0 saturated carbocycles. The number of carboxylic acid groups (broad SMARTS) is 1. The standard InChI is InChI=1S/C11H10FN3O5/c12-7-2-1-6(3-9(7)15(18)19)8-4-11(5-13,10(16)17)20-14-8/h1-3H,4-5,13H2,(H,16,17). The summed E-state index contributed by atoms with van der Waals surface area (Å²) >= 11 is 0. The number of benzene rings is 1. The molecule has 0 aromatic heterocycles. The molecule has 1 aliphatic rings. The number of hydrogen-bond donors (Lipinski definition) is 2. The lowest BCUT2D eigenvalue weighted by atomic mass is 9.94. The molecule has 9 heteroatoms. The highest BCUT2D eigenvalue weighted by Gasteiger charge is 2.46. The Labute approximate surface area is 111 Å². The molecule has 1 unspecified atom stereocenters. The van der Waals surface area contributed by atoms with E-state index in [1.54, 1.807) is 0 Å². The summed E-state index contributed by atoms with van der Waals surface area (Å²) in [5, 5.41) is 23.3. The Morgan fingerprint density at radius 2 is 2.35 bits per heavy atom. The smallest absolute Gasteiger partial charge is 0.352 e. The molecule has 0 fully saturated rings. The van der Waals surface area contributed by atoms with Crippen molar-refractivity contribution in [3.8, 4) is 0 Å². The van der Waals surface area contributed by atoms with Crippen LogP contribution >= 0.6 is 0 Å². The number of aliphatic carboxylic acids is 1. The first-order valence-electron chi connectivity index (χ1n) is 5.52. The number of nitrogens with two attached hydrogens (primary N) is 1. The molecule has 106 valence electrons. The molecule has 0 radical (unpaired) electrons. The number of carboxylic acids is 1. The van der Waals surface area contributed by atoms with Crippen molar-refractivity contribution in [1.82, 2.24) is 0 Å². The fourth-order valence-corrected chi connectivity index (χ4v) is 1.78. The maximum atomic E-state index is 13.2. The summed E-state index contributed by atoms with van der Waals surface area (Å²) in [5.74, 6) is -2.27. The number of nitro benzene ring substituents is 1. The summed E-state index contributed by atoms with van der Waals surface area (Å²) in [6.45, 7) is -0.307. The highest BCUT2D eigenvalue weighted by molar-refractivity contribution is 6.05. The van der Waals surface area contributed by atoms with Gasteiger partial charge in [0.15, 0.2) is 0 Å². The number of hydrogen-bond acceptors (Lipinski definition) is 6. The molecule has 1 aromatic rings. The van der Waals surface area contributed by atoms with Gasteiger partial charge in [0.05, 0.1) is 10.6 Å². The summed E-state index contributed by atoms with van der Waals surface area (Å²) in [5.41, 5.74) is 3.35. The van der Waals surface area contributed by atoms with Crippen molar-refractivity contribution in [3.63, 3.8) is 0 Å². The number of nitro groups is 1. The van der Waals surface area contributed by atoms with E-state index < -0.39 is 28.0 Å². The monoisotopic (exact) mass is 283 g/mol. The van der Waals surface area contributed by atoms with Gasteiger partial charge in [0.2, 0.25) is 5.82 Å². The van der Waals surface area contributed by atoms with Gasteiger partial charge < -0.3 is 15.7 Å². The quantitative estimate of drug-likeness (QED) is 0.616. The van der Waals surface area contributed by atoms with Crippen LogP contribution in [0.5, 0.6) is 0 Å². The SMILES string of the molecule is NCC1(C(=O)O)CC(c2ccc(F)c([N+](=O)[O-])c2)=NO1. The van der Waals surface area contributed by atoms with Crippen LogP contribution in [0, 0.1) is 15.9 Å². The minimum absolute atomic E-state index is 0.151. The van der Waals surface area contributed by atoms with Crippen LogP contribution in [0.15, 0.2) is 23.4 Å². The minimum atomic E-state index is -1.68. The first-order valence-corrected chi connectivity index (χ1v) is 5.52. The third kappa shape index (κ3) is 2.18. The first-order chi connectivity index (χ1) is 9.39. The van der Waals surface area contributed by atoms with E-state index in [9.17, 15) is 19.3 Å². The van der Waals surface area contributed by atoms with Gasteiger partial charge in [-0.2, -0.15) is 4.39 Å². The van der Waals surface area contributed by atoms with Crippen molar-refractivity contribution < 1.29 is 24.1 Å². The Morgan fingerprint density at radius 1 is 1.65 bits per heavy atom. The number of halogens is 1. The number of carbonyl (C=O) groups is 1. The summed E-state index contributed by atoms with van der Waals surface area (Å²) in [4.78, 5) is 25.8. The molecule has 2 rings (SSSR count). The molecule has 20 heavy (non-hydrogen) atoms. The van der Waals surface area contributed by atoms with Crippen LogP contribution in [0.4, 0.5) is 10.1 Å². The van der Waals surface area contributed by atoms with Crippen LogP contribution in [0.2, 0.25) is 0 Å². The van der Waals surface area contributed by atoms with E-state index in [0.29, 0.717) is 0 Å². The van der Waals surface area contributed by atoms with Gasteiger partial charge in [-0.3, -0.25) is 10.1 Å². The predicted molar refractivity (Wildman–Crippen MR) is 64.7 cm³/mol. The molecule has 3 N–H and O–H groups in total. The molecule has 0 amide bonds. The maximum absolute atomic E-state index is 13.2. The predicted octanol–water partition coefficient (Wildman–Crippen LogP) is 0.640. The average Bonchev–Trinajstić information content (AvgIpc) is 2.84. The molecular formula is C11H10FN3O5. The summed E-state index contributed by atoms with van der Waals surface area (Å²) in [6.07, 6.45) is -0.151. The van der Waals surface area contributed by atoms with Crippen molar-refractivity contribution in [2.75, 3.05) is 6.54 Å². The molecule has 1 aromatic carbocycles. The van der Waals surface area contributed by atoms with E-state index in [1.807, 2.05) is 0 Å². The summed E-state index contributed by atoms with van der Waals surface area (Å²) in [6, 6.07) is 3.16. The van der Waals surface area contributed by atoms with Crippen LogP contribution in [0.3, 0.4) is 0 Å². The molecule has 0 spiro atoms. The van der Waals surface area contributed by atoms with Crippen molar-refractivity contribution >= 4 is 17.4 Å². The van der Waals surface area contributed by atoms with Gasteiger partial charge >= 0.3 is 11.7 Å². The van der Waals surface area contributed by atoms with Gasteiger partial charge in [-0.1, -0.05) is 5.16 Å². The van der Waals surface area contributed by atoms with Crippen LogP contribution in [0.1, 0.15) is 12.0 Å². The molecule has 0 bridgehead atoms. The second-order valence-electron chi connectivity index (χ2n) is 4.23. The molecule has 0 saturated heterocycles. The Hall–Kier alpha value is -2.55. The van der Waals surface area contributed by atoms with Gasteiger partial charge in [-0.05, 0) is 12.1 Å². The van der Waals surface area contributed by atoms with E-state index in [2.05, 4.69) is 5.16 Å². The zero-order valence-corrected chi connectivity index (χ0v) is 10.1. The van der Waals surface area contributed by atoms with Gasteiger partial charge in [-0.15, -0.1) is 0 Å². The van der Waals surface area contributed by atoms with Crippen LogP contribution in [-0.4, -0.2) is 33.9 Å². The Morgan fingerprint density at radius 3 is 2.85 bits per heavy atom. The Kier molecular flexibility index (Phi) is 3.36. The van der Waals surface area contributed by atoms with Crippen LogP contribution < -0.4 is 5.73 Å². The fraction of sp³-hybridized carbons (Fsp3) is 0.273. The third-order valence-electron chi connectivity index (χ3n) is 2.98. The highest BCUT2D eigenvalue weighted by atomic mass is 19.1. The van der Waals surface area contributed by atoms with Gasteiger partial charge in [0.25, 0.3) is 5.60 Å². The Balaban J connectivity index is 2.33. The third-order valence-corrected chi connectivity index (χ3v) is 2.98. The minimum Gasteiger partial charge on any atom is -0.478 e. The van der Waals surface area contributed by atoms with E-state index >= 15 is 0 Å². The molecule has 0 aliphatic carbocycles. The number of nitrogens with zero attached hydrogens (tertiary/aromatic N) is 2. The van der Waals surface area contributed by atoms with Crippen LogP contribution in [0.25, 0.3) is 0 Å². The van der Waals surface area contributed by atoms with Gasteiger partial charge in [0.1, 0.15) is 0 Å². The average molecular weight is 283 g/mol. The highest BCUT2D eigenvalue weighted by Crippen LogP contribution is 2.28. The molecular weight excluding hydrogens is 273 g/mol. The lowest BCUT2D eigenvalue weighted by Gasteiger charge is -2.18. The van der Waals surface area contributed by atoms with E-state index in [0.717, 1.165) is 12.1 Å². The van der Waals surface area contributed by atoms with Crippen molar-refractivity contribution in [2.45, 2.75) is 12.0 Å². The zero-order valence-electron chi connectivity index (χ0n) is 10.1. The Bertz CT molecular complexity index is 618. The largest absolute Gasteiger partial charge is 0.478 e. The lowest BCUT2D eigenvalue weighted by molar-refractivity contribution is -0.387. The van der Waals surface area contributed by atoms with Crippen molar-refractivity contribution in [2.24, 2.45) is 10.9 Å². The van der Waals surface area contributed by atoms with Gasteiger partial charge in [0, 0.05) is 24.6 Å². The molecule has 8 nitrogen and oxygen atoms in total. The normalized spacial score (nSPS) is 21.2. The number of oxime groups is 1. The topological polar surface area (TPSA) is 128 Å². The van der Waals surface area contributed by atoms with Crippen molar-refractivity contribution in [1.29, 1.82) is 0 Å². The first kappa shape index (κ1) is 13.9. The van der Waals surface area contributed by atoms with E-state index in [4.69, 9.17) is 15.7 Å². The zero-order chi connectivity index (χ0) is 14.9. The second kappa shape index (κ2) is 4.85. The van der Waals surface area contributed by atoms with Crippen molar-refractivity contribution in [3.05, 3.63) is 39.7 Å². The van der Waals surface area contributed by atoms with E-state index in [-0.39, 0.29) is 24.2 Å². The summed E-state index contributed by atoms with van der Waals surface area (Å²) in [7, 11) is 0. The van der Waals surface area contributed by atoms with Gasteiger partial charge in [-0.25, -0.2) is 4.79 Å². The second-order valence-corrected chi connectivity index (χ2v) is 4.23. The lowest BCUT2D eigenvalue weighted by Crippen LogP contribution is -2.45. The molecule has 1 heterocycles. The molecule has 1 atom stereocenters. The number of rotatable bonds is 4. The maximum Gasteiger partial charge on any atom is 0.352 e. The fourth-order valence-electron chi connectivity index (χ4n) is 1.78. The molecule has 1 aliphatic heterocycles. The van der Waals surface area contributed by atoms with Crippen LogP contribution in [-0.2, 0) is 9.63 Å². The summed E-state index contributed by atoms with van der Waals surface area (Å²) < 4.78 is 13.2. The van der Waals surface area contributed by atoms with E-state index in [1.165, 1.54) is 6.07 Å².